The summed E-state index contributed by atoms with van der Waals surface area (Å²) < 4.78 is 1.38. The number of fused-ring (bicyclic) bond motifs is 1. The topological polar surface area (TPSA) is 62.5 Å². The summed E-state index contributed by atoms with van der Waals surface area (Å²) in [6.07, 6.45) is 0. The molecule has 0 aliphatic carbocycles. The van der Waals surface area contributed by atoms with Crippen LogP contribution in [0.5, 0.6) is 11.5 Å². The van der Waals surface area contributed by atoms with Gasteiger partial charge in [-0.15, -0.1) is 0 Å². The highest BCUT2D eigenvalue weighted by Gasteiger charge is 2.15. The number of pyridine rings is 1. The normalized spacial score (nSPS) is 10.7. The molecule has 0 radical (unpaired) electrons. The maximum atomic E-state index is 12.2. The first kappa shape index (κ1) is 11.3. The van der Waals surface area contributed by atoms with Crippen LogP contribution >= 0.6 is 0 Å². The number of benzene rings is 2. The third kappa shape index (κ3) is 1.65. The van der Waals surface area contributed by atoms with Gasteiger partial charge in [-0.05, 0) is 24.3 Å². The molecule has 0 aliphatic rings. The van der Waals surface area contributed by atoms with Gasteiger partial charge in [0, 0.05) is 11.1 Å². The highest BCUT2D eigenvalue weighted by Crippen LogP contribution is 2.31. The number of aromatic hydroxyl groups is 2. The number of hydrogen-bond acceptors (Lipinski definition) is 3. The summed E-state index contributed by atoms with van der Waals surface area (Å²) >= 11 is 0. The number of aromatic nitrogens is 1. The molecule has 4 nitrogen and oxygen atoms in total. The second kappa shape index (κ2) is 4.17. The van der Waals surface area contributed by atoms with Gasteiger partial charge in [0.1, 0.15) is 0 Å². The van der Waals surface area contributed by atoms with Crippen LogP contribution in [0.15, 0.2) is 59.4 Å². The fraction of sp³-hybridized carbons (Fsp3) is 0. The first-order valence-electron chi connectivity index (χ1n) is 5.81. The smallest absolute Gasteiger partial charge is 0.301 e. The van der Waals surface area contributed by atoms with Crippen molar-refractivity contribution in [3.05, 3.63) is 65.0 Å². The van der Waals surface area contributed by atoms with Crippen LogP contribution in [0.3, 0.4) is 0 Å². The fourth-order valence-corrected chi connectivity index (χ4v) is 2.15. The van der Waals surface area contributed by atoms with Crippen molar-refractivity contribution in [3.8, 4) is 17.2 Å². The molecule has 0 bridgehead atoms. The second-order valence-corrected chi connectivity index (χ2v) is 4.19. The molecule has 0 amide bonds. The van der Waals surface area contributed by atoms with Crippen LogP contribution in [0.1, 0.15) is 0 Å². The zero-order valence-corrected chi connectivity index (χ0v) is 9.95. The Balaban J connectivity index is 2.52. The van der Waals surface area contributed by atoms with Gasteiger partial charge in [-0.2, -0.15) is 0 Å². The summed E-state index contributed by atoms with van der Waals surface area (Å²) in [5.74, 6) is -1.02. The van der Waals surface area contributed by atoms with E-state index in [1.807, 2.05) is 6.07 Å². The molecule has 1 heterocycles. The summed E-state index contributed by atoms with van der Waals surface area (Å²) in [5.41, 5.74) is 0.551. The maximum absolute atomic E-state index is 12.2. The fourth-order valence-electron chi connectivity index (χ4n) is 2.15. The van der Waals surface area contributed by atoms with Gasteiger partial charge < -0.3 is 10.2 Å². The zero-order valence-electron chi connectivity index (χ0n) is 9.95. The standard InChI is InChI=1S/C15H11NO3/c17-13-11-8-4-5-9-12(11)16(15(19)14(13)18)10-6-2-1-3-7-10/h1-9,17-18H. The Kier molecular flexibility index (Phi) is 2.49. The molecule has 0 atom stereocenters. The van der Waals surface area contributed by atoms with E-state index < -0.39 is 11.3 Å². The minimum absolute atomic E-state index is 0.382. The van der Waals surface area contributed by atoms with E-state index in [1.54, 1.807) is 48.5 Å². The molecule has 3 aromatic rings. The maximum Gasteiger partial charge on any atom is 0.301 e. The van der Waals surface area contributed by atoms with Gasteiger partial charge in [0.25, 0.3) is 0 Å². The van der Waals surface area contributed by atoms with Crippen LogP contribution in [0, 0.1) is 0 Å². The van der Waals surface area contributed by atoms with E-state index in [-0.39, 0.29) is 5.75 Å². The predicted molar refractivity (Wildman–Crippen MR) is 72.9 cm³/mol. The van der Waals surface area contributed by atoms with E-state index >= 15 is 0 Å². The predicted octanol–water partition coefficient (Wildman–Crippen LogP) is 2.40. The van der Waals surface area contributed by atoms with Crippen molar-refractivity contribution in [1.29, 1.82) is 0 Å². The van der Waals surface area contributed by atoms with Crippen molar-refractivity contribution < 1.29 is 10.2 Å². The molecule has 0 fully saturated rings. The molecule has 0 saturated carbocycles. The molecular weight excluding hydrogens is 242 g/mol. The van der Waals surface area contributed by atoms with E-state index in [0.29, 0.717) is 16.6 Å². The van der Waals surface area contributed by atoms with Crippen molar-refractivity contribution in [2.75, 3.05) is 0 Å². The lowest BCUT2D eigenvalue weighted by molar-refractivity contribution is 0.401. The lowest BCUT2D eigenvalue weighted by Crippen LogP contribution is -2.18. The Morgan fingerprint density at radius 1 is 0.789 bits per heavy atom. The average Bonchev–Trinajstić information content (AvgIpc) is 2.46. The first-order chi connectivity index (χ1) is 9.20. The van der Waals surface area contributed by atoms with E-state index in [1.165, 1.54) is 4.57 Å². The van der Waals surface area contributed by atoms with Crippen LogP contribution in [-0.4, -0.2) is 14.8 Å². The zero-order chi connectivity index (χ0) is 13.4. The summed E-state index contributed by atoms with van der Waals surface area (Å²) in [6.45, 7) is 0. The Bertz CT molecular complexity index is 807. The number of para-hydroxylation sites is 2. The molecular formula is C15H11NO3. The van der Waals surface area contributed by atoms with Gasteiger partial charge >= 0.3 is 5.56 Å². The van der Waals surface area contributed by atoms with E-state index in [9.17, 15) is 15.0 Å². The third-order valence-electron chi connectivity index (χ3n) is 3.04. The molecule has 94 valence electrons. The van der Waals surface area contributed by atoms with Gasteiger partial charge in [0.05, 0.1) is 5.52 Å². The number of hydrogen-bond donors (Lipinski definition) is 2. The molecule has 2 aromatic carbocycles. The molecule has 0 aliphatic heterocycles. The van der Waals surface area contributed by atoms with Crippen LogP contribution in [0.2, 0.25) is 0 Å². The largest absolute Gasteiger partial charge is 0.504 e. The lowest BCUT2D eigenvalue weighted by atomic mass is 10.1. The molecule has 0 saturated heterocycles. The van der Waals surface area contributed by atoms with Crippen LogP contribution < -0.4 is 5.56 Å². The highest BCUT2D eigenvalue weighted by molar-refractivity contribution is 5.88. The molecule has 4 heteroatoms. The summed E-state index contributed by atoms with van der Waals surface area (Å²) in [6, 6.07) is 15.9. The van der Waals surface area contributed by atoms with E-state index in [4.69, 9.17) is 0 Å². The van der Waals surface area contributed by atoms with E-state index in [0.717, 1.165) is 0 Å². The first-order valence-corrected chi connectivity index (χ1v) is 5.81. The Morgan fingerprint density at radius 2 is 1.42 bits per heavy atom. The van der Waals surface area contributed by atoms with Gasteiger partial charge in [0.2, 0.25) is 5.75 Å². The molecule has 2 N–H and O–H groups in total. The summed E-state index contributed by atoms with van der Waals surface area (Å²) in [7, 11) is 0. The van der Waals surface area contributed by atoms with Gasteiger partial charge in [-0.3, -0.25) is 9.36 Å². The van der Waals surface area contributed by atoms with E-state index in [2.05, 4.69) is 0 Å². The minimum Gasteiger partial charge on any atom is -0.504 e. The minimum atomic E-state index is -0.637. The molecule has 0 spiro atoms. The Labute approximate surface area is 108 Å². The average molecular weight is 253 g/mol. The van der Waals surface area contributed by atoms with Crippen molar-refractivity contribution in [2.24, 2.45) is 0 Å². The summed E-state index contributed by atoms with van der Waals surface area (Å²) in [5, 5.41) is 20.0. The van der Waals surface area contributed by atoms with Crippen molar-refractivity contribution in [1.82, 2.24) is 4.57 Å². The highest BCUT2D eigenvalue weighted by atomic mass is 16.3. The molecule has 3 rings (SSSR count). The van der Waals surface area contributed by atoms with Crippen LogP contribution in [0.4, 0.5) is 0 Å². The SMILES string of the molecule is O=c1c(O)c(O)c2ccccc2n1-c1ccccc1. The number of rotatable bonds is 1. The van der Waals surface area contributed by atoms with Crippen LogP contribution in [-0.2, 0) is 0 Å². The molecule has 1 aromatic heterocycles. The van der Waals surface area contributed by atoms with Crippen molar-refractivity contribution in [3.63, 3.8) is 0 Å². The van der Waals surface area contributed by atoms with Crippen molar-refractivity contribution >= 4 is 10.9 Å². The quantitative estimate of drug-likeness (QED) is 0.700. The second-order valence-electron chi connectivity index (χ2n) is 4.19. The molecule has 19 heavy (non-hydrogen) atoms. The van der Waals surface area contributed by atoms with Gasteiger partial charge in [-0.1, -0.05) is 30.3 Å². The van der Waals surface area contributed by atoms with Gasteiger partial charge in [-0.25, -0.2) is 0 Å². The van der Waals surface area contributed by atoms with Gasteiger partial charge in [0.15, 0.2) is 5.75 Å². The Hall–Kier alpha value is -2.75. The summed E-state index contributed by atoms with van der Waals surface area (Å²) in [4.78, 5) is 12.2. The van der Waals surface area contributed by atoms with Crippen LogP contribution in [0.25, 0.3) is 16.6 Å². The monoisotopic (exact) mass is 253 g/mol. The third-order valence-corrected chi connectivity index (χ3v) is 3.04. The Morgan fingerprint density at radius 3 is 2.16 bits per heavy atom. The lowest BCUT2D eigenvalue weighted by Gasteiger charge is -2.12. The molecule has 0 unspecified atom stereocenters. The number of nitrogens with zero attached hydrogens (tertiary/aromatic N) is 1. The van der Waals surface area contributed by atoms with Crippen molar-refractivity contribution in [2.45, 2.75) is 0 Å².